The third-order valence-corrected chi connectivity index (χ3v) is 4.17. The number of carbonyl (C=O) groups is 1. The van der Waals surface area contributed by atoms with Crippen LogP contribution in [0.2, 0.25) is 0 Å². The number of nitrogens with one attached hydrogen (secondary N) is 1. The van der Waals surface area contributed by atoms with Crippen molar-refractivity contribution in [2.75, 3.05) is 7.11 Å². The number of hydrogen-bond donors (Lipinski definition) is 1. The monoisotopic (exact) mass is 326 g/mol. The van der Waals surface area contributed by atoms with Crippen molar-refractivity contribution in [2.24, 2.45) is 5.10 Å². The second-order valence-electron chi connectivity index (χ2n) is 5.84. The van der Waals surface area contributed by atoms with Crippen LogP contribution in [-0.2, 0) is 6.42 Å². The van der Waals surface area contributed by atoms with Gasteiger partial charge in [0.15, 0.2) is 0 Å². The second-order valence-corrected chi connectivity index (χ2v) is 5.84. The molecule has 0 bridgehead atoms. The van der Waals surface area contributed by atoms with E-state index in [1.165, 1.54) is 23.8 Å². The quantitative estimate of drug-likeness (QED) is 0.876. The molecule has 0 aliphatic heterocycles. The zero-order valence-electron chi connectivity index (χ0n) is 13.7. The minimum absolute atomic E-state index is 0.251. The van der Waals surface area contributed by atoms with Crippen molar-refractivity contribution in [1.29, 1.82) is 0 Å². The smallest absolute Gasteiger partial charge is 0.271 e. The van der Waals surface area contributed by atoms with Crippen LogP contribution in [-0.4, -0.2) is 18.7 Å². The lowest BCUT2D eigenvalue weighted by Crippen LogP contribution is -2.22. The predicted octanol–water partition coefficient (Wildman–Crippen LogP) is 3.61. The Hall–Kier alpha value is -2.69. The third-order valence-electron chi connectivity index (χ3n) is 4.17. The van der Waals surface area contributed by atoms with Crippen LogP contribution in [0.25, 0.3) is 0 Å². The van der Waals surface area contributed by atoms with E-state index in [1.807, 2.05) is 19.1 Å². The average Bonchev–Trinajstić information content (AvgIpc) is 2.59. The number of fused-ring (bicyclic) bond motifs is 1. The first kappa shape index (κ1) is 16.2. The van der Waals surface area contributed by atoms with Gasteiger partial charge in [-0.2, -0.15) is 5.10 Å². The first-order chi connectivity index (χ1) is 11.6. The van der Waals surface area contributed by atoms with E-state index in [4.69, 9.17) is 4.74 Å². The van der Waals surface area contributed by atoms with E-state index in [-0.39, 0.29) is 5.56 Å². The van der Waals surface area contributed by atoms with E-state index in [0.29, 0.717) is 0 Å². The summed E-state index contributed by atoms with van der Waals surface area (Å²) in [6, 6.07) is 9.63. The van der Waals surface area contributed by atoms with Crippen LogP contribution in [0.5, 0.6) is 5.75 Å². The van der Waals surface area contributed by atoms with Crippen LogP contribution in [0.15, 0.2) is 41.5 Å². The highest BCUT2D eigenvalue weighted by atomic mass is 19.1. The molecule has 0 heterocycles. The Morgan fingerprint density at radius 1 is 1.25 bits per heavy atom. The lowest BCUT2D eigenvalue weighted by molar-refractivity contribution is 0.0954. The summed E-state index contributed by atoms with van der Waals surface area (Å²) in [6.07, 6.45) is 2.72. The van der Waals surface area contributed by atoms with Gasteiger partial charge < -0.3 is 4.74 Å². The summed E-state index contributed by atoms with van der Waals surface area (Å²) in [4.78, 5) is 12.1. The highest BCUT2D eigenvalue weighted by Gasteiger charge is 2.18. The van der Waals surface area contributed by atoms with E-state index in [9.17, 15) is 9.18 Å². The standard InChI is InChI=1S/C19H19FN2O2/c1-12-9-16-13(11-18(12)24-2)5-4-8-17(16)21-22-19(23)14-6-3-7-15(20)10-14/h3,6-7,9-11H,4-5,8H2,1-2H3,(H,22,23). The topological polar surface area (TPSA) is 50.7 Å². The van der Waals surface area contributed by atoms with E-state index < -0.39 is 11.7 Å². The van der Waals surface area contributed by atoms with Crippen LogP contribution >= 0.6 is 0 Å². The van der Waals surface area contributed by atoms with Gasteiger partial charge in [0.05, 0.1) is 12.8 Å². The largest absolute Gasteiger partial charge is 0.496 e. The van der Waals surface area contributed by atoms with E-state index in [1.54, 1.807) is 13.2 Å². The zero-order chi connectivity index (χ0) is 17.1. The number of aryl methyl sites for hydroxylation is 2. The number of hydrazone groups is 1. The predicted molar refractivity (Wildman–Crippen MR) is 91.1 cm³/mol. The first-order valence-corrected chi connectivity index (χ1v) is 7.89. The van der Waals surface area contributed by atoms with Gasteiger partial charge in [-0.3, -0.25) is 4.79 Å². The van der Waals surface area contributed by atoms with Gasteiger partial charge in [0.25, 0.3) is 5.91 Å². The summed E-state index contributed by atoms with van der Waals surface area (Å²) in [5.74, 6) is -0.000752. The van der Waals surface area contributed by atoms with Crippen LogP contribution in [0.1, 0.15) is 39.9 Å². The molecule has 1 amide bonds. The molecule has 0 atom stereocenters. The average molecular weight is 326 g/mol. The van der Waals surface area contributed by atoms with Crippen LogP contribution < -0.4 is 10.2 Å². The number of amides is 1. The number of rotatable bonds is 3. The maximum Gasteiger partial charge on any atom is 0.271 e. The third kappa shape index (κ3) is 3.30. The summed E-state index contributed by atoms with van der Waals surface area (Å²) in [5, 5.41) is 4.28. The molecule has 1 aliphatic carbocycles. The molecule has 0 unspecified atom stereocenters. The molecule has 0 fully saturated rings. The molecule has 0 saturated carbocycles. The molecule has 0 spiro atoms. The highest BCUT2D eigenvalue weighted by Crippen LogP contribution is 2.28. The Morgan fingerprint density at radius 2 is 2.08 bits per heavy atom. The summed E-state index contributed by atoms with van der Waals surface area (Å²) in [7, 11) is 1.66. The Labute approximate surface area is 140 Å². The van der Waals surface area contributed by atoms with Crippen molar-refractivity contribution in [2.45, 2.75) is 26.2 Å². The molecule has 0 aromatic heterocycles. The van der Waals surface area contributed by atoms with Crippen molar-refractivity contribution in [3.05, 3.63) is 64.5 Å². The number of methoxy groups -OCH3 is 1. The summed E-state index contributed by atoms with van der Waals surface area (Å²) in [5.41, 5.74) is 6.87. The van der Waals surface area contributed by atoms with Crippen molar-refractivity contribution in [3.63, 3.8) is 0 Å². The minimum Gasteiger partial charge on any atom is -0.496 e. The van der Waals surface area contributed by atoms with Gasteiger partial charge in [-0.15, -0.1) is 0 Å². The highest BCUT2D eigenvalue weighted by molar-refractivity contribution is 6.04. The van der Waals surface area contributed by atoms with Crippen molar-refractivity contribution >= 4 is 11.6 Å². The number of nitrogens with zero attached hydrogens (tertiary/aromatic N) is 1. The lowest BCUT2D eigenvalue weighted by atomic mass is 9.88. The number of benzene rings is 2. The Bertz CT molecular complexity index is 815. The molecule has 124 valence electrons. The minimum atomic E-state index is -0.443. The molecular weight excluding hydrogens is 307 g/mol. The van der Waals surface area contributed by atoms with Crippen LogP contribution in [0, 0.1) is 12.7 Å². The Morgan fingerprint density at radius 3 is 2.83 bits per heavy atom. The van der Waals surface area contributed by atoms with Gasteiger partial charge in [0, 0.05) is 11.1 Å². The number of carbonyl (C=O) groups excluding carboxylic acids is 1. The van der Waals surface area contributed by atoms with Crippen molar-refractivity contribution in [1.82, 2.24) is 5.43 Å². The van der Waals surface area contributed by atoms with Gasteiger partial charge in [0.1, 0.15) is 11.6 Å². The zero-order valence-corrected chi connectivity index (χ0v) is 13.7. The fourth-order valence-electron chi connectivity index (χ4n) is 2.94. The normalized spacial score (nSPS) is 15.0. The number of hydrogen-bond acceptors (Lipinski definition) is 3. The molecule has 5 heteroatoms. The van der Waals surface area contributed by atoms with Gasteiger partial charge in [0.2, 0.25) is 0 Å². The van der Waals surface area contributed by atoms with Gasteiger partial charge >= 0.3 is 0 Å². The summed E-state index contributed by atoms with van der Waals surface area (Å²) in [6.45, 7) is 1.98. The fourth-order valence-corrected chi connectivity index (χ4v) is 2.94. The molecule has 3 rings (SSSR count). The SMILES string of the molecule is COc1cc2c(cc1C)C(=NNC(=O)c1cccc(F)c1)CCC2. The van der Waals surface area contributed by atoms with Crippen molar-refractivity contribution in [3.8, 4) is 5.75 Å². The molecular formula is C19H19FN2O2. The molecule has 2 aromatic rings. The fraction of sp³-hybridized carbons (Fsp3) is 0.263. The maximum atomic E-state index is 13.2. The molecule has 0 saturated heterocycles. The van der Waals surface area contributed by atoms with Crippen LogP contribution in [0.4, 0.5) is 4.39 Å². The molecule has 1 aliphatic rings. The van der Waals surface area contributed by atoms with E-state index in [2.05, 4.69) is 10.5 Å². The van der Waals surface area contributed by atoms with E-state index >= 15 is 0 Å². The molecule has 0 radical (unpaired) electrons. The van der Waals surface area contributed by atoms with Gasteiger partial charge in [-0.1, -0.05) is 6.07 Å². The number of halogens is 1. The summed E-state index contributed by atoms with van der Waals surface area (Å²) >= 11 is 0. The lowest BCUT2D eigenvalue weighted by Gasteiger charge is -2.20. The second kappa shape index (κ2) is 6.83. The molecule has 4 nitrogen and oxygen atoms in total. The molecule has 24 heavy (non-hydrogen) atoms. The molecule has 1 N–H and O–H groups in total. The molecule has 2 aromatic carbocycles. The Balaban J connectivity index is 1.85. The van der Waals surface area contributed by atoms with Gasteiger partial charge in [-0.05, 0) is 67.6 Å². The Kier molecular flexibility index (Phi) is 4.60. The first-order valence-electron chi connectivity index (χ1n) is 7.89. The summed E-state index contributed by atoms with van der Waals surface area (Å²) < 4.78 is 18.6. The number of ether oxygens (including phenoxy) is 1. The van der Waals surface area contributed by atoms with Crippen LogP contribution in [0.3, 0.4) is 0 Å². The maximum absolute atomic E-state index is 13.2. The van der Waals surface area contributed by atoms with E-state index in [0.717, 1.165) is 41.9 Å². The van der Waals surface area contributed by atoms with Crippen molar-refractivity contribution < 1.29 is 13.9 Å². The van der Waals surface area contributed by atoms with Gasteiger partial charge in [-0.25, -0.2) is 9.82 Å².